The number of hydrogen-bond donors (Lipinski definition) is 0. The van der Waals surface area contributed by atoms with Gasteiger partial charge in [0, 0.05) is 22.7 Å². The van der Waals surface area contributed by atoms with Gasteiger partial charge < -0.3 is 4.74 Å². The largest absolute Gasteiger partial charge is 0.489 e. The molecule has 144 valence electrons. The third-order valence-electron chi connectivity index (χ3n) is 4.13. The number of rotatable bonds is 6. The van der Waals surface area contributed by atoms with Gasteiger partial charge in [-0.25, -0.2) is 0 Å². The molecule has 0 unspecified atom stereocenters. The van der Waals surface area contributed by atoms with E-state index in [0.717, 1.165) is 33.4 Å². The predicted octanol–water partition coefficient (Wildman–Crippen LogP) is 5.97. The van der Waals surface area contributed by atoms with Crippen LogP contribution in [0.3, 0.4) is 0 Å². The van der Waals surface area contributed by atoms with Crippen molar-refractivity contribution in [3.05, 3.63) is 80.7 Å². The van der Waals surface area contributed by atoms with Crippen molar-refractivity contribution in [2.45, 2.75) is 13.0 Å². The first-order valence-electron chi connectivity index (χ1n) is 8.41. The predicted molar refractivity (Wildman–Crippen MR) is 115 cm³/mol. The number of thioether (sulfide) groups is 1. The highest BCUT2D eigenvalue weighted by Gasteiger charge is 2.31. The van der Waals surface area contributed by atoms with Crippen molar-refractivity contribution >= 4 is 52.2 Å². The van der Waals surface area contributed by atoms with Gasteiger partial charge in [0.2, 0.25) is 0 Å². The summed E-state index contributed by atoms with van der Waals surface area (Å²) >= 11 is 13.1. The van der Waals surface area contributed by atoms with Gasteiger partial charge in [-0.05, 0) is 59.7 Å². The topological polar surface area (TPSA) is 46.6 Å². The number of carbonyl (C=O) groups excluding carboxylic acids is 2. The van der Waals surface area contributed by atoms with Crippen LogP contribution in [-0.4, -0.2) is 23.1 Å². The Balaban J connectivity index is 1.82. The Morgan fingerprint density at radius 2 is 1.93 bits per heavy atom. The number of imide groups is 1. The van der Waals surface area contributed by atoms with Gasteiger partial charge in [0.25, 0.3) is 11.1 Å². The molecular formula is C21H17Cl2NO3S. The van der Waals surface area contributed by atoms with E-state index in [0.29, 0.717) is 33.7 Å². The van der Waals surface area contributed by atoms with Gasteiger partial charge in [-0.1, -0.05) is 41.4 Å². The molecule has 0 N–H and O–H groups in total. The second kappa shape index (κ2) is 8.86. The van der Waals surface area contributed by atoms with Crippen molar-refractivity contribution in [2.24, 2.45) is 0 Å². The molecule has 0 aromatic heterocycles. The molecule has 0 saturated carbocycles. The number of likely N-dealkylation sites (N-methyl/N-ethyl adjacent to an activating group) is 1. The lowest BCUT2D eigenvalue weighted by atomic mass is 10.1. The first-order chi connectivity index (χ1) is 13.4. The lowest BCUT2D eigenvalue weighted by molar-refractivity contribution is -0.121. The summed E-state index contributed by atoms with van der Waals surface area (Å²) in [6.07, 6.45) is 4.09. The molecular weight excluding hydrogens is 417 g/mol. The normalized spacial score (nSPS) is 15.4. The highest BCUT2D eigenvalue weighted by Crippen LogP contribution is 2.32. The fourth-order valence-electron chi connectivity index (χ4n) is 2.64. The fraction of sp³-hybridized carbons (Fsp3) is 0.143. The van der Waals surface area contributed by atoms with Crippen molar-refractivity contribution in [3.8, 4) is 5.75 Å². The van der Waals surface area contributed by atoms with E-state index in [-0.39, 0.29) is 11.1 Å². The van der Waals surface area contributed by atoms with Crippen molar-refractivity contribution in [1.82, 2.24) is 4.90 Å². The summed E-state index contributed by atoms with van der Waals surface area (Å²) in [5.41, 5.74) is 2.56. The maximum Gasteiger partial charge on any atom is 0.293 e. The van der Waals surface area contributed by atoms with Crippen LogP contribution in [0.25, 0.3) is 6.08 Å². The maximum absolute atomic E-state index is 12.1. The van der Waals surface area contributed by atoms with Gasteiger partial charge >= 0.3 is 0 Å². The monoisotopic (exact) mass is 433 g/mol. The SMILES string of the molecule is C=CCc1cc(/C=C2\SC(=O)N(C)C2=O)ccc1OCc1ccc(Cl)cc1Cl. The molecule has 7 heteroatoms. The zero-order valence-corrected chi connectivity index (χ0v) is 17.4. The molecule has 1 fully saturated rings. The van der Waals surface area contributed by atoms with E-state index in [9.17, 15) is 9.59 Å². The number of ether oxygens (including phenoxy) is 1. The van der Waals surface area contributed by atoms with Crippen LogP contribution in [0.4, 0.5) is 4.79 Å². The summed E-state index contributed by atoms with van der Waals surface area (Å²) in [7, 11) is 1.47. The van der Waals surface area contributed by atoms with Crippen LogP contribution in [0.1, 0.15) is 16.7 Å². The fourth-order valence-corrected chi connectivity index (χ4v) is 3.93. The van der Waals surface area contributed by atoms with E-state index in [1.807, 2.05) is 24.3 Å². The third kappa shape index (κ3) is 4.61. The number of benzene rings is 2. The Labute approximate surface area is 177 Å². The minimum Gasteiger partial charge on any atom is -0.489 e. The molecule has 0 bridgehead atoms. The molecule has 1 heterocycles. The number of allylic oxidation sites excluding steroid dienone is 1. The zero-order valence-electron chi connectivity index (χ0n) is 15.1. The van der Waals surface area contributed by atoms with Crippen molar-refractivity contribution in [3.63, 3.8) is 0 Å². The van der Waals surface area contributed by atoms with Gasteiger partial charge in [-0.15, -0.1) is 6.58 Å². The smallest absolute Gasteiger partial charge is 0.293 e. The second-order valence-corrected chi connectivity index (χ2v) is 7.96. The molecule has 2 amide bonds. The third-order valence-corrected chi connectivity index (χ3v) is 5.68. The standard InChI is InChI=1S/C21H17Cl2NO3S/c1-3-4-14-9-13(10-19-20(25)24(2)21(26)28-19)5-8-18(14)27-12-15-6-7-16(22)11-17(15)23/h3,5-11H,1,4,12H2,2H3/b19-10-. The summed E-state index contributed by atoms with van der Waals surface area (Å²) < 4.78 is 5.95. The van der Waals surface area contributed by atoms with E-state index < -0.39 is 0 Å². The van der Waals surface area contributed by atoms with Crippen LogP contribution >= 0.6 is 35.0 Å². The molecule has 1 aliphatic rings. The van der Waals surface area contributed by atoms with Gasteiger partial charge in [-0.2, -0.15) is 0 Å². The minimum absolute atomic E-state index is 0.276. The Hall–Kier alpha value is -2.21. The van der Waals surface area contributed by atoms with Crippen LogP contribution in [-0.2, 0) is 17.8 Å². The second-order valence-electron chi connectivity index (χ2n) is 6.13. The summed E-state index contributed by atoms with van der Waals surface area (Å²) in [4.78, 5) is 25.2. The van der Waals surface area contributed by atoms with Crippen LogP contribution < -0.4 is 4.74 Å². The number of carbonyl (C=O) groups is 2. The summed E-state index contributed by atoms with van der Waals surface area (Å²) in [5.74, 6) is 0.407. The first-order valence-corrected chi connectivity index (χ1v) is 9.98. The van der Waals surface area contributed by atoms with E-state index in [1.165, 1.54) is 7.05 Å². The van der Waals surface area contributed by atoms with Crippen molar-refractivity contribution in [1.29, 1.82) is 0 Å². The number of nitrogens with zero attached hydrogens (tertiary/aromatic N) is 1. The van der Waals surface area contributed by atoms with Gasteiger partial charge in [0.1, 0.15) is 12.4 Å². The molecule has 1 saturated heterocycles. The Kier molecular flexibility index (Phi) is 6.50. The van der Waals surface area contributed by atoms with Crippen molar-refractivity contribution in [2.75, 3.05) is 7.05 Å². The van der Waals surface area contributed by atoms with E-state index in [1.54, 1.807) is 24.3 Å². The Morgan fingerprint density at radius 3 is 2.57 bits per heavy atom. The number of hydrogen-bond acceptors (Lipinski definition) is 4. The van der Waals surface area contributed by atoms with Gasteiger partial charge in [0.15, 0.2) is 0 Å². The lowest BCUT2D eigenvalue weighted by Gasteiger charge is -2.13. The first kappa shape index (κ1) is 20.5. The summed E-state index contributed by atoms with van der Waals surface area (Å²) in [6.45, 7) is 4.09. The van der Waals surface area contributed by atoms with E-state index >= 15 is 0 Å². The molecule has 1 aliphatic heterocycles. The number of halogens is 2. The molecule has 2 aromatic carbocycles. The van der Waals surface area contributed by atoms with Crippen LogP contribution in [0.2, 0.25) is 10.0 Å². The Morgan fingerprint density at radius 1 is 1.14 bits per heavy atom. The molecule has 0 atom stereocenters. The minimum atomic E-state index is -0.294. The average Bonchev–Trinajstić information content (AvgIpc) is 2.89. The number of amides is 2. The summed E-state index contributed by atoms with van der Waals surface area (Å²) in [6, 6.07) is 10.9. The molecule has 2 aromatic rings. The highest BCUT2D eigenvalue weighted by molar-refractivity contribution is 8.18. The molecule has 0 radical (unpaired) electrons. The maximum atomic E-state index is 12.1. The molecule has 3 rings (SSSR count). The van der Waals surface area contributed by atoms with Crippen LogP contribution in [0.15, 0.2) is 54.0 Å². The summed E-state index contributed by atoms with van der Waals surface area (Å²) in [5, 5.41) is 0.842. The van der Waals surface area contributed by atoms with E-state index in [2.05, 4.69) is 6.58 Å². The molecule has 28 heavy (non-hydrogen) atoms. The van der Waals surface area contributed by atoms with E-state index in [4.69, 9.17) is 27.9 Å². The average molecular weight is 434 g/mol. The molecule has 4 nitrogen and oxygen atoms in total. The van der Waals surface area contributed by atoms with Gasteiger partial charge in [0.05, 0.1) is 4.91 Å². The molecule has 0 aliphatic carbocycles. The molecule has 0 spiro atoms. The van der Waals surface area contributed by atoms with Crippen molar-refractivity contribution < 1.29 is 14.3 Å². The highest BCUT2D eigenvalue weighted by atomic mass is 35.5. The van der Waals surface area contributed by atoms with Crippen LogP contribution in [0, 0.1) is 0 Å². The van der Waals surface area contributed by atoms with Crippen LogP contribution in [0.5, 0.6) is 5.75 Å². The lowest BCUT2D eigenvalue weighted by Crippen LogP contribution is -2.22. The Bertz CT molecular complexity index is 988. The van der Waals surface area contributed by atoms with Gasteiger partial charge in [-0.3, -0.25) is 14.5 Å². The zero-order chi connectivity index (χ0) is 20.3. The quantitative estimate of drug-likeness (QED) is 0.415.